The Morgan fingerprint density at radius 3 is 1.97 bits per heavy atom. The molecule has 0 amide bonds. The average molecular weight is 491 g/mol. The zero-order chi connectivity index (χ0) is 24.9. The minimum atomic E-state index is -6.84. The highest BCUT2D eigenvalue weighted by molar-refractivity contribution is 7.86. The van der Waals surface area contributed by atoms with Crippen molar-refractivity contribution in [1.29, 1.82) is 0 Å². The summed E-state index contributed by atoms with van der Waals surface area (Å²) in [5, 5.41) is -6.10. The van der Waals surface area contributed by atoms with Gasteiger partial charge >= 0.3 is 35.1 Å². The lowest BCUT2D eigenvalue weighted by atomic mass is 10.2. The predicted molar refractivity (Wildman–Crippen MR) is 81.5 cm³/mol. The molecule has 0 rings (SSSR count). The van der Waals surface area contributed by atoms with Crippen molar-refractivity contribution in [2.45, 2.75) is 42.9 Å². The fourth-order valence-electron chi connectivity index (χ4n) is 1.67. The minimum absolute atomic E-state index is 0.149. The molecule has 0 heterocycles. The van der Waals surface area contributed by atoms with Crippen LogP contribution in [0.3, 0.4) is 0 Å². The summed E-state index contributed by atoms with van der Waals surface area (Å²) in [6.45, 7) is 0.676. The van der Waals surface area contributed by atoms with Gasteiger partial charge in [-0.1, -0.05) is 6.58 Å². The molecule has 0 aliphatic heterocycles. The molecule has 0 radical (unpaired) electrons. The van der Waals surface area contributed by atoms with Gasteiger partial charge in [0.05, 0.1) is 6.61 Å². The predicted octanol–water partition coefficient (Wildman–Crippen LogP) is 1.68. The van der Waals surface area contributed by atoms with Gasteiger partial charge in [0.25, 0.3) is 0 Å². The second-order valence-electron chi connectivity index (χ2n) is 5.65. The van der Waals surface area contributed by atoms with Crippen molar-refractivity contribution in [1.82, 2.24) is 0 Å². The molecular weight excluding hydrogens is 477 g/mol. The van der Waals surface area contributed by atoms with Gasteiger partial charge < -0.3 is 18.8 Å². The highest BCUT2D eigenvalue weighted by Gasteiger charge is 2.68. The molecule has 0 saturated carbocycles. The Morgan fingerprint density at radius 1 is 1.06 bits per heavy atom. The van der Waals surface area contributed by atoms with Crippen molar-refractivity contribution in [2.24, 2.45) is 0 Å². The second kappa shape index (κ2) is 9.90. The molecule has 1 atom stereocenters. The van der Waals surface area contributed by atoms with Gasteiger partial charge in [-0.05, 0) is 13.3 Å². The van der Waals surface area contributed by atoms with E-state index in [0.717, 1.165) is 6.92 Å². The van der Waals surface area contributed by atoms with E-state index in [9.17, 15) is 58.1 Å². The first-order valence-corrected chi connectivity index (χ1v) is 9.10. The van der Waals surface area contributed by atoms with Crippen molar-refractivity contribution in [3.63, 3.8) is 0 Å². The summed E-state index contributed by atoms with van der Waals surface area (Å²) in [4.78, 5) is 33.9. The molecule has 0 aromatic heterocycles. The number of hydrogen-bond acceptors (Lipinski definition) is 9. The molecular formula is C14H14F7O9S-. The summed E-state index contributed by atoms with van der Waals surface area (Å²) in [5.41, 5.74) is 0. The summed E-state index contributed by atoms with van der Waals surface area (Å²) < 4.78 is 136. The van der Waals surface area contributed by atoms with Crippen molar-refractivity contribution in [3.05, 3.63) is 12.7 Å². The number of carbonyl (C=O) groups excluding carboxylic acids is 3. The first kappa shape index (κ1) is 28.7. The topological polar surface area (TPSA) is 136 Å². The van der Waals surface area contributed by atoms with E-state index < -0.39 is 77.0 Å². The number of hydrogen-bond donors (Lipinski definition) is 0. The number of Topliss-reactive ketones (excluding diaryl/α,β-unsaturated/α-hetero) is 1. The highest BCUT2D eigenvalue weighted by atomic mass is 32.2. The number of rotatable bonds is 12. The van der Waals surface area contributed by atoms with E-state index in [-0.39, 0.29) is 6.08 Å². The molecule has 0 bridgehead atoms. The third kappa shape index (κ3) is 6.86. The zero-order valence-electron chi connectivity index (χ0n) is 15.3. The summed E-state index contributed by atoms with van der Waals surface area (Å²) in [6.07, 6.45) is -9.45. The number of alkyl halides is 7. The largest absolute Gasteiger partial charge is 0.743 e. The molecule has 0 spiro atoms. The van der Waals surface area contributed by atoms with Gasteiger partial charge in [-0.15, -0.1) is 0 Å². The SMILES string of the molecule is C=CC(=O)OC(OCCCC(F)(F)C(F)(F)S(=O)(=O)[O-])(C(=O)OCC(C)=O)C(F)(F)F. The van der Waals surface area contributed by atoms with Crippen LogP contribution in [-0.2, 0) is 38.7 Å². The van der Waals surface area contributed by atoms with E-state index in [1.54, 1.807) is 0 Å². The molecule has 0 aliphatic rings. The number of ether oxygens (including phenoxy) is 3. The monoisotopic (exact) mass is 491 g/mol. The number of esters is 2. The second-order valence-corrected chi connectivity index (χ2v) is 7.07. The first-order valence-electron chi connectivity index (χ1n) is 7.69. The van der Waals surface area contributed by atoms with E-state index in [0.29, 0.717) is 0 Å². The van der Waals surface area contributed by atoms with Crippen LogP contribution in [0.15, 0.2) is 12.7 Å². The van der Waals surface area contributed by atoms with E-state index in [4.69, 9.17) is 0 Å². The normalized spacial score (nSPS) is 15.0. The van der Waals surface area contributed by atoms with Gasteiger partial charge in [-0.3, -0.25) is 4.79 Å². The Morgan fingerprint density at radius 2 is 1.58 bits per heavy atom. The van der Waals surface area contributed by atoms with Crippen molar-refractivity contribution in [2.75, 3.05) is 13.2 Å². The lowest BCUT2D eigenvalue weighted by Crippen LogP contribution is -2.58. The van der Waals surface area contributed by atoms with Crippen LogP contribution in [0.5, 0.6) is 0 Å². The van der Waals surface area contributed by atoms with Crippen molar-refractivity contribution < 1.29 is 72.3 Å². The van der Waals surface area contributed by atoms with Crippen LogP contribution in [0.2, 0.25) is 0 Å². The molecule has 0 aliphatic carbocycles. The van der Waals surface area contributed by atoms with Crippen LogP contribution in [0.25, 0.3) is 0 Å². The summed E-state index contributed by atoms with van der Waals surface area (Å²) in [7, 11) is -6.84. The number of carbonyl (C=O) groups is 3. The highest BCUT2D eigenvalue weighted by Crippen LogP contribution is 2.42. The molecule has 180 valence electrons. The van der Waals surface area contributed by atoms with Gasteiger partial charge in [-0.25, -0.2) is 18.0 Å². The Bertz CT molecular complexity index is 807. The molecule has 0 fully saturated rings. The maximum absolute atomic E-state index is 13.4. The molecule has 0 saturated heterocycles. The third-order valence-electron chi connectivity index (χ3n) is 3.14. The standard InChI is InChI=1S/C14H15F7O9S/c1-3-9(23)30-12(13(17,18)19,10(24)28-7-8(2)22)29-6-4-5-11(15,16)14(20,21)31(25,26)27/h3H,1,4-7H2,2H3,(H,25,26,27)/p-1. The summed E-state index contributed by atoms with van der Waals surface area (Å²) >= 11 is 0. The van der Waals surface area contributed by atoms with Gasteiger partial charge in [0.15, 0.2) is 15.9 Å². The maximum Gasteiger partial charge on any atom is 0.468 e. The van der Waals surface area contributed by atoms with E-state index in [2.05, 4.69) is 20.8 Å². The van der Waals surface area contributed by atoms with E-state index in [1.165, 1.54) is 0 Å². The summed E-state index contributed by atoms with van der Waals surface area (Å²) in [5.74, 6) is -15.5. The molecule has 31 heavy (non-hydrogen) atoms. The molecule has 17 heteroatoms. The van der Waals surface area contributed by atoms with Gasteiger partial charge in [0, 0.05) is 12.5 Å². The number of ketones is 1. The zero-order valence-corrected chi connectivity index (χ0v) is 16.2. The van der Waals surface area contributed by atoms with Crippen LogP contribution in [0, 0.1) is 0 Å². The quantitative estimate of drug-likeness (QED) is 0.0997. The van der Waals surface area contributed by atoms with Crippen molar-refractivity contribution >= 4 is 27.8 Å². The lowest BCUT2D eigenvalue weighted by molar-refractivity contribution is -0.354. The van der Waals surface area contributed by atoms with Crippen LogP contribution in [-0.4, -0.2) is 67.0 Å². The van der Waals surface area contributed by atoms with Crippen LogP contribution in [0.1, 0.15) is 19.8 Å². The van der Waals surface area contributed by atoms with Crippen LogP contribution >= 0.6 is 0 Å². The Balaban J connectivity index is 5.69. The average Bonchev–Trinajstić information content (AvgIpc) is 2.59. The van der Waals surface area contributed by atoms with Crippen molar-refractivity contribution in [3.8, 4) is 0 Å². The lowest BCUT2D eigenvalue weighted by Gasteiger charge is -2.32. The maximum atomic E-state index is 13.4. The van der Waals surface area contributed by atoms with Gasteiger partial charge in [-0.2, -0.15) is 30.7 Å². The first-order chi connectivity index (χ1) is 13.7. The summed E-state index contributed by atoms with van der Waals surface area (Å²) in [6, 6.07) is 0. The number of halogens is 7. The molecule has 1 unspecified atom stereocenters. The fourth-order valence-corrected chi connectivity index (χ4v) is 2.14. The van der Waals surface area contributed by atoms with Crippen LogP contribution < -0.4 is 0 Å². The van der Waals surface area contributed by atoms with Gasteiger partial charge in [0.1, 0.15) is 6.61 Å². The molecule has 9 nitrogen and oxygen atoms in total. The Hall–Kier alpha value is -2.27. The minimum Gasteiger partial charge on any atom is -0.743 e. The fraction of sp³-hybridized carbons (Fsp3) is 0.643. The van der Waals surface area contributed by atoms with Gasteiger partial charge in [0.2, 0.25) is 0 Å². The third-order valence-corrected chi connectivity index (χ3v) is 4.07. The van der Waals surface area contributed by atoms with E-state index >= 15 is 0 Å². The van der Waals surface area contributed by atoms with E-state index in [1.807, 2.05) is 0 Å². The smallest absolute Gasteiger partial charge is 0.468 e. The molecule has 0 aromatic rings. The Labute approximate surface area is 169 Å². The van der Waals surface area contributed by atoms with Crippen LogP contribution in [0.4, 0.5) is 30.7 Å². The molecule has 0 N–H and O–H groups in total. The Kier molecular flexibility index (Phi) is 9.18. The molecule has 0 aromatic carbocycles.